The van der Waals surface area contributed by atoms with Crippen molar-refractivity contribution >= 4 is 46.6 Å². The number of hydrogen-bond acceptors (Lipinski definition) is 7. The number of halogens is 2. The number of aromatic nitrogens is 1. The Hall–Kier alpha value is -4.33. The second-order valence-corrected chi connectivity index (χ2v) is 7.95. The van der Waals surface area contributed by atoms with E-state index in [2.05, 4.69) is 10.5 Å². The second kappa shape index (κ2) is 11.2. The van der Waals surface area contributed by atoms with Crippen molar-refractivity contribution in [1.29, 1.82) is 5.26 Å². The third-order valence-corrected chi connectivity index (χ3v) is 5.05. The van der Waals surface area contributed by atoms with Crippen molar-refractivity contribution in [2.24, 2.45) is 5.10 Å². The first-order valence-corrected chi connectivity index (χ1v) is 10.6. The van der Waals surface area contributed by atoms with Gasteiger partial charge in [-0.25, -0.2) is 4.79 Å². The number of nitrogens with one attached hydrogen (secondary N) is 2. The summed E-state index contributed by atoms with van der Waals surface area (Å²) in [5.74, 6) is -0.783. The molecule has 0 unspecified atom stereocenters. The third kappa shape index (κ3) is 6.83. The van der Waals surface area contributed by atoms with Gasteiger partial charge in [-0.2, -0.15) is 10.4 Å². The van der Waals surface area contributed by atoms with Gasteiger partial charge in [0.1, 0.15) is 11.8 Å². The number of aryl methyl sites for hydroxylation is 1. The van der Waals surface area contributed by atoms with Gasteiger partial charge >= 0.3 is 6.09 Å². The van der Waals surface area contributed by atoms with E-state index in [-0.39, 0.29) is 27.0 Å². The molecule has 0 aliphatic heterocycles. The van der Waals surface area contributed by atoms with Crippen molar-refractivity contribution in [3.05, 3.63) is 86.3 Å². The maximum atomic E-state index is 12.3. The molecule has 0 saturated carbocycles. The predicted octanol–water partition coefficient (Wildman–Crippen LogP) is 4.39. The van der Waals surface area contributed by atoms with Crippen molar-refractivity contribution in [2.75, 3.05) is 5.43 Å². The lowest BCUT2D eigenvalue weighted by Crippen LogP contribution is -2.34. The maximum absolute atomic E-state index is 12.3. The Kier molecular flexibility index (Phi) is 8.09. The molecular weight excluding hydrogens is 497 g/mol. The minimum atomic E-state index is -1.63. The van der Waals surface area contributed by atoms with Gasteiger partial charge in [0.05, 0.1) is 28.5 Å². The van der Waals surface area contributed by atoms with Crippen molar-refractivity contribution in [2.45, 2.75) is 13.5 Å². The number of hydrazone groups is 1. The fraction of sp³-hybridized carbons (Fsp3) is 0.0870. The van der Waals surface area contributed by atoms with Crippen LogP contribution in [0, 0.1) is 18.3 Å². The molecule has 3 rings (SSSR count). The highest BCUT2D eigenvalue weighted by Crippen LogP contribution is 2.38. The summed E-state index contributed by atoms with van der Waals surface area (Å²) in [6.07, 6.45) is -0.0957. The zero-order valence-corrected chi connectivity index (χ0v) is 19.6. The summed E-state index contributed by atoms with van der Waals surface area (Å²) in [6.45, 7) is 2.32. The Morgan fingerprint density at radius 1 is 1.14 bits per heavy atom. The average molecular weight is 514 g/mol. The number of carbonyl (C=O) groups is 2. The summed E-state index contributed by atoms with van der Waals surface area (Å²) in [4.78, 5) is 34.4. The molecule has 0 atom stereocenters. The van der Waals surface area contributed by atoms with Gasteiger partial charge in [0.2, 0.25) is 5.71 Å². The van der Waals surface area contributed by atoms with E-state index in [4.69, 9.17) is 38.3 Å². The van der Waals surface area contributed by atoms with E-state index >= 15 is 0 Å². The van der Waals surface area contributed by atoms with E-state index < -0.39 is 17.7 Å². The number of carbonyl (C=O) groups excluding carboxylic acids is 1. The van der Waals surface area contributed by atoms with Gasteiger partial charge in [-0.15, -0.1) is 0 Å². The van der Waals surface area contributed by atoms with E-state index in [0.29, 0.717) is 12.3 Å². The Morgan fingerprint density at radius 2 is 1.80 bits per heavy atom. The normalized spacial score (nSPS) is 10.9. The van der Waals surface area contributed by atoms with Crippen LogP contribution in [0.15, 0.2) is 64.6 Å². The molecule has 3 N–H and O–H groups in total. The molecule has 0 aliphatic carbocycles. The fourth-order valence-electron chi connectivity index (χ4n) is 2.83. The molecule has 0 radical (unpaired) electrons. The molecule has 3 aromatic rings. The number of carboxylic acid groups (broad SMARTS) is 1. The highest BCUT2D eigenvalue weighted by Gasteiger charge is 2.15. The molecule has 178 valence electrons. The minimum absolute atomic E-state index is 0.0694. The lowest BCUT2D eigenvalue weighted by molar-refractivity contribution is -0.114. The van der Waals surface area contributed by atoms with Crippen LogP contribution in [0.25, 0.3) is 0 Å². The monoisotopic (exact) mass is 513 g/mol. The molecule has 10 nitrogen and oxygen atoms in total. The lowest BCUT2D eigenvalue weighted by atomic mass is 10.1. The van der Waals surface area contributed by atoms with Gasteiger partial charge in [0, 0.05) is 6.07 Å². The van der Waals surface area contributed by atoms with Crippen LogP contribution in [-0.2, 0) is 11.3 Å². The number of imide groups is 1. The van der Waals surface area contributed by atoms with Gasteiger partial charge in [-0.3, -0.25) is 20.3 Å². The number of pyridine rings is 1. The molecular formula is C23H17Cl2N5O5. The van der Waals surface area contributed by atoms with E-state index in [1.807, 2.05) is 31.2 Å². The van der Waals surface area contributed by atoms with Crippen LogP contribution in [0.2, 0.25) is 10.0 Å². The Labute approximate surface area is 209 Å². The van der Waals surface area contributed by atoms with Crippen LogP contribution in [0.5, 0.6) is 11.5 Å². The summed E-state index contributed by atoms with van der Waals surface area (Å²) in [6, 6.07) is 14.8. The Morgan fingerprint density at radius 3 is 2.40 bits per heavy atom. The standard InChI is InChI=1S/C23H17Cl2N5O5/c1-13-2-4-14(5-3-13)11-30-12-16(6-7-20(30)31)35-21-17(24)8-15(9-18(21)25)28-29-19(10-26)22(32)27-23(33)34/h2-9,12,28H,11H2,1H3,(H,27,32)(H,33,34). The van der Waals surface area contributed by atoms with E-state index in [1.165, 1.54) is 46.4 Å². The van der Waals surface area contributed by atoms with Crippen molar-refractivity contribution in [3.63, 3.8) is 0 Å². The number of nitriles is 1. The molecule has 1 aromatic heterocycles. The molecule has 12 heteroatoms. The minimum Gasteiger partial charge on any atom is -0.465 e. The average Bonchev–Trinajstić information content (AvgIpc) is 2.79. The molecule has 0 fully saturated rings. The van der Waals surface area contributed by atoms with Crippen LogP contribution >= 0.6 is 23.2 Å². The number of anilines is 1. The first kappa shape index (κ1) is 25.3. The quantitative estimate of drug-likeness (QED) is 0.313. The summed E-state index contributed by atoms with van der Waals surface area (Å²) in [7, 11) is 0. The largest absolute Gasteiger partial charge is 0.465 e. The summed E-state index contributed by atoms with van der Waals surface area (Å²) < 4.78 is 7.29. The summed E-state index contributed by atoms with van der Waals surface area (Å²) in [5, 5.41) is 22.8. The van der Waals surface area contributed by atoms with Crippen LogP contribution in [0.4, 0.5) is 10.5 Å². The van der Waals surface area contributed by atoms with E-state index in [1.54, 1.807) is 0 Å². The molecule has 0 bridgehead atoms. The van der Waals surface area contributed by atoms with Crippen molar-refractivity contribution < 1.29 is 19.4 Å². The van der Waals surface area contributed by atoms with Crippen molar-refractivity contribution in [3.8, 4) is 17.6 Å². The molecule has 2 amide bonds. The smallest absolute Gasteiger partial charge is 0.411 e. The first-order chi connectivity index (χ1) is 16.7. The number of amides is 2. The predicted molar refractivity (Wildman–Crippen MR) is 130 cm³/mol. The topological polar surface area (TPSA) is 146 Å². The van der Waals surface area contributed by atoms with E-state index in [0.717, 1.165) is 11.1 Å². The van der Waals surface area contributed by atoms with E-state index in [9.17, 15) is 14.4 Å². The number of hydrogen-bond donors (Lipinski definition) is 3. The summed E-state index contributed by atoms with van der Waals surface area (Å²) >= 11 is 12.6. The first-order valence-electron chi connectivity index (χ1n) is 9.87. The number of rotatable bonds is 7. The third-order valence-electron chi connectivity index (χ3n) is 4.49. The molecule has 35 heavy (non-hydrogen) atoms. The molecule has 0 spiro atoms. The maximum Gasteiger partial charge on any atom is 0.411 e. The molecule has 1 heterocycles. The zero-order chi connectivity index (χ0) is 25.5. The molecule has 2 aromatic carbocycles. The van der Waals surface area contributed by atoms with Gasteiger partial charge in [-0.05, 0) is 30.7 Å². The summed E-state index contributed by atoms with van der Waals surface area (Å²) in [5.41, 5.74) is 3.72. The van der Waals surface area contributed by atoms with Crippen LogP contribution in [0.1, 0.15) is 11.1 Å². The van der Waals surface area contributed by atoms with Crippen LogP contribution in [-0.4, -0.2) is 27.4 Å². The fourth-order valence-corrected chi connectivity index (χ4v) is 3.39. The lowest BCUT2D eigenvalue weighted by Gasteiger charge is -2.13. The molecule has 0 saturated heterocycles. The van der Waals surface area contributed by atoms with Gasteiger partial charge in [0.15, 0.2) is 5.75 Å². The van der Waals surface area contributed by atoms with Crippen molar-refractivity contribution in [1.82, 2.24) is 9.88 Å². The SMILES string of the molecule is Cc1ccc(Cn2cc(Oc3c(Cl)cc(NN=C(C#N)C(=O)NC(=O)O)cc3Cl)ccc2=O)cc1. The van der Waals surface area contributed by atoms with Crippen LogP contribution in [0.3, 0.4) is 0 Å². The number of nitrogens with zero attached hydrogens (tertiary/aromatic N) is 3. The van der Waals surface area contributed by atoms with Crippen LogP contribution < -0.4 is 21.0 Å². The van der Waals surface area contributed by atoms with Gasteiger partial charge in [-0.1, -0.05) is 53.0 Å². The second-order valence-electron chi connectivity index (χ2n) is 7.13. The zero-order valence-electron chi connectivity index (χ0n) is 18.1. The van der Waals surface area contributed by atoms with Gasteiger partial charge < -0.3 is 14.4 Å². The highest BCUT2D eigenvalue weighted by molar-refractivity contribution is 6.46. The number of ether oxygens (including phenoxy) is 1. The Bertz CT molecular complexity index is 1390. The number of benzene rings is 2. The molecule has 0 aliphatic rings. The van der Waals surface area contributed by atoms with Gasteiger partial charge in [0.25, 0.3) is 11.5 Å². The Balaban J connectivity index is 1.79. The highest BCUT2D eigenvalue weighted by atomic mass is 35.5.